The van der Waals surface area contributed by atoms with Gasteiger partial charge in [-0.25, -0.2) is 9.19 Å². The molecule has 2 aromatic carbocycles. The molecule has 2 N–H and O–H groups in total. The second kappa shape index (κ2) is 7.17. The van der Waals surface area contributed by atoms with Crippen molar-refractivity contribution in [3.05, 3.63) is 71.9 Å². The first-order chi connectivity index (χ1) is 12.3. The molecule has 1 heterocycles. The van der Waals surface area contributed by atoms with E-state index in [1.54, 1.807) is 42.8 Å². The van der Waals surface area contributed by atoms with Crippen LogP contribution >= 0.6 is 0 Å². The molecule has 0 amide bonds. The predicted molar refractivity (Wildman–Crippen MR) is 106 cm³/mol. The van der Waals surface area contributed by atoms with Crippen LogP contribution in [-0.4, -0.2) is 15.4 Å². The zero-order valence-corrected chi connectivity index (χ0v) is 15.8. The minimum atomic E-state index is -2.64. The van der Waals surface area contributed by atoms with Gasteiger partial charge in [0.25, 0.3) is 0 Å². The predicted octanol–water partition coefficient (Wildman–Crippen LogP) is 4.86. The number of pyridine rings is 1. The summed E-state index contributed by atoms with van der Waals surface area (Å²) in [5, 5.41) is 0. The third-order valence-corrected chi connectivity index (χ3v) is 5.62. The molecular formula is C20H21N3O2S. The maximum atomic E-state index is 13.0. The molecule has 0 fully saturated rings. The standard InChI is InChI=1S/C20H21N3O2S/c1-14-12-19(15(2)11-18(14)21)25-16-7-6-8-17(13-16)26(3,24)23-20-9-4-5-10-22-20/h4-13H,21H2,1-3H3. The third-order valence-electron chi connectivity index (χ3n) is 3.95. The highest BCUT2D eigenvalue weighted by Crippen LogP contribution is 2.30. The van der Waals surface area contributed by atoms with Gasteiger partial charge in [0.15, 0.2) is 5.82 Å². The molecule has 5 nitrogen and oxygen atoms in total. The summed E-state index contributed by atoms with van der Waals surface area (Å²) in [5.74, 6) is 1.76. The number of nitrogens with zero attached hydrogens (tertiary/aromatic N) is 2. The summed E-state index contributed by atoms with van der Waals surface area (Å²) in [6, 6.07) is 16.3. The molecule has 0 saturated carbocycles. The van der Waals surface area contributed by atoms with Crippen molar-refractivity contribution in [2.45, 2.75) is 18.7 Å². The molecule has 1 atom stereocenters. The number of ether oxygens (including phenoxy) is 1. The van der Waals surface area contributed by atoms with Gasteiger partial charge in [0.1, 0.15) is 11.5 Å². The maximum absolute atomic E-state index is 13.0. The minimum absolute atomic E-state index is 0.441. The fraction of sp³-hybridized carbons (Fsp3) is 0.150. The van der Waals surface area contributed by atoms with Crippen molar-refractivity contribution >= 4 is 21.2 Å². The minimum Gasteiger partial charge on any atom is -0.457 e. The molecule has 3 rings (SSSR count). The fourth-order valence-corrected chi connectivity index (χ4v) is 3.70. The lowest BCUT2D eigenvalue weighted by molar-refractivity contribution is 0.477. The largest absolute Gasteiger partial charge is 0.457 e. The highest BCUT2D eigenvalue weighted by atomic mass is 32.2. The van der Waals surface area contributed by atoms with E-state index < -0.39 is 9.73 Å². The van der Waals surface area contributed by atoms with Crippen LogP contribution in [0, 0.1) is 13.8 Å². The summed E-state index contributed by atoms with van der Waals surface area (Å²) < 4.78 is 23.3. The second-order valence-corrected chi connectivity index (χ2v) is 8.39. The number of aromatic nitrogens is 1. The Bertz CT molecular complexity index is 1060. The quantitative estimate of drug-likeness (QED) is 0.668. The third kappa shape index (κ3) is 4.03. The van der Waals surface area contributed by atoms with Gasteiger partial charge < -0.3 is 10.5 Å². The van der Waals surface area contributed by atoms with Gasteiger partial charge in [-0.2, -0.15) is 4.36 Å². The summed E-state index contributed by atoms with van der Waals surface area (Å²) in [6.45, 7) is 3.87. The van der Waals surface area contributed by atoms with Crippen molar-refractivity contribution in [3.63, 3.8) is 0 Å². The van der Waals surface area contributed by atoms with E-state index in [2.05, 4.69) is 9.35 Å². The average Bonchev–Trinajstić information content (AvgIpc) is 2.60. The SMILES string of the molecule is Cc1cc(Oc2cccc(S(C)(=O)=Nc3ccccn3)c2)c(C)cc1N. The van der Waals surface area contributed by atoms with Crippen LogP contribution in [0.2, 0.25) is 0 Å². The molecular weight excluding hydrogens is 346 g/mol. The van der Waals surface area contributed by atoms with Crippen molar-refractivity contribution in [1.82, 2.24) is 4.98 Å². The van der Waals surface area contributed by atoms with Gasteiger partial charge in [0.05, 0.1) is 14.6 Å². The molecule has 0 saturated heterocycles. The molecule has 1 unspecified atom stereocenters. The van der Waals surface area contributed by atoms with Crippen LogP contribution in [0.15, 0.2) is 70.1 Å². The Morgan fingerprint density at radius 3 is 2.58 bits per heavy atom. The van der Waals surface area contributed by atoms with Gasteiger partial charge in [-0.15, -0.1) is 0 Å². The lowest BCUT2D eigenvalue weighted by Gasteiger charge is -2.12. The number of hydrogen-bond donors (Lipinski definition) is 1. The van der Waals surface area contributed by atoms with Gasteiger partial charge >= 0.3 is 0 Å². The Morgan fingerprint density at radius 2 is 1.85 bits per heavy atom. The van der Waals surface area contributed by atoms with Gasteiger partial charge in [-0.3, -0.25) is 0 Å². The molecule has 26 heavy (non-hydrogen) atoms. The van der Waals surface area contributed by atoms with Crippen LogP contribution in [0.3, 0.4) is 0 Å². The Kier molecular flexibility index (Phi) is 4.95. The summed E-state index contributed by atoms with van der Waals surface area (Å²) >= 11 is 0. The summed E-state index contributed by atoms with van der Waals surface area (Å²) in [5.41, 5.74) is 8.55. The lowest BCUT2D eigenvalue weighted by Crippen LogP contribution is -1.98. The monoisotopic (exact) mass is 367 g/mol. The summed E-state index contributed by atoms with van der Waals surface area (Å²) in [4.78, 5) is 4.71. The van der Waals surface area contributed by atoms with Crippen molar-refractivity contribution in [2.75, 3.05) is 12.0 Å². The number of nitrogen functional groups attached to an aromatic ring is 1. The van der Waals surface area contributed by atoms with E-state index in [1.807, 2.05) is 38.1 Å². The molecule has 134 valence electrons. The molecule has 0 bridgehead atoms. The van der Waals surface area contributed by atoms with Gasteiger partial charge in [0.2, 0.25) is 0 Å². The van der Waals surface area contributed by atoms with E-state index in [0.717, 1.165) is 22.6 Å². The van der Waals surface area contributed by atoms with Crippen molar-refractivity contribution < 1.29 is 8.95 Å². The van der Waals surface area contributed by atoms with Crippen molar-refractivity contribution in [1.29, 1.82) is 0 Å². The molecule has 6 heteroatoms. The molecule has 0 radical (unpaired) electrons. The Hall–Kier alpha value is -2.86. The Balaban J connectivity index is 1.95. The van der Waals surface area contributed by atoms with Crippen LogP contribution in [0.5, 0.6) is 11.5 Å². The summed E-state index contributed by atoms with van der Waals surface area (Å²) in [7, 11) is -2.64. The zero-order chi connectivity index (χ0) is 18.7. The summed E-state index contributed by atoms with van der Waals surface area (Å²) in [6.07, 6.45) is 3.22. The Morgan fingerprint density at radius 1 is 1.04 bits per heavy atom. The van der Waals surface area contributed by atoms with Crippen molar-refractivity contribution in [2.24, 2.45) is 4.36 Å². The highest BCUT2D eigenvalue weighted by Gasteiger charge is 2.10. The van der Waals surface area contributed by atoms with Crippen LogP contribution < -0.4 is 10.5 Å². The van der Waals surface area contributed by atoms with Crippen molar-refractivity contribution in [3.8, 4) is 11.5 Å². The molecule has 0 aliphatic carbocycles. The van der Waals surface area contributed by atoms with Crippen LogP contribution in [0.25, 0.3) is 0 Å². The van der Waals surface area contributed by atoms with Gasteiger partial charge in [-0.05, 0) is 67.4 Å². The Labute approximate surface area is 154 Å². The van der Waals surface area contributed by atoms with E-state index >= 15 is 0 Å². The van der Waals surface area contributed by atoms with Crippen LogP contribution in [0.4, 0.5) is 11.5 Å². The topological polar surface area (TPSA) is 77.6 Å². The zero-order valence-electron chi connectivity index (χ0n) is 15.0. The molecule has 0 spiro atoms. The first kappa shape index (κ1) is 17.9. The number of anilines is 1. The lowest BCUT2D eigenvalue weighted by atomic mass is 10.1. The molecule has 3 aromatic rings. The van der Waals surface area contributed by atoms with Gasteiger partial charge in [-0.1, -0.05) is 12.1 Å². The highest BCUT2D eigenvalue weighted by molar-refractivity contribution is 7.93. The molecule has 0 aliphatic rings. The number of nitrogens with two attached hydrogens (primary N) is 1. The fourth-order valence-electron chi connectivity index (χ4n) is 2.46. The second-order valence-electron chi connectivity index (χ2n) is 6.13. The number of benzene rings is 2. The average molecular weight is 367 g/mol. The van der Waals surface area contributed by atoms with E-state index in [4.69, 9.17) is 10.5 Å². The number of rotatable bonds is 4. The first-order valence-electron chi connectivity index (χ1n) is 8.13. The number of hydrogen-bond acceptors (Lipinski definition) is 5. The maximum Gasteiger partial charge on any atom is 0.161 e. The van der Waals surface area contributed by atoms with Gasteiger partial charge in [0, 0.05) is 18.1 Å². The number of aryl methyl sites for hydroxylation is 2. The molecule has 1 aromatic heterocycles. The van der Waals surface area contributed by atoms with Crippen LogP contribution in [-0.2, 0) is 9.73 Å². The molecule has 0 aliphatic heterocycles. The first-order valence-corrected chi connectivity index (χ1v) is 10.1. The van der Waals surface area contributed by atoms with Crippen LogP contribution in [0.1, 0.15) is 11.1 Å². The van der Waals surface area contributed by atoms with E-state index in [-0.39, 0.29) is 0 Å². The van der Waals surface area contributed by atoms with E-state index in [0.29, 0.717) is 16.5 Å². The normalized spacial score (nSPS) is 13.0. The smallest absolute Gasteiger partial charge is 0.161 e. The van der Waals surface area contributed by atoms with E-state index in [1.165, 1.54) is 0 Å². The van der Waals surface area contributed by atoms with E-state index in [9.17, 15) is 4.21 Å².